The number of rotatable bonds is 12. The molecule has 0 radical (unpaired) electrons. The van der Waals surface area contributed by atoms with E-state index in [-0.39, 0.29) is 37.6 Å². The van der Waals surface area contributed by atoms with Crippen LogP contribution in [-0.4, -0.2) is 61.6 Å². The van der Waals surface area contributed by atoms with Crippen LogP contribution < -0.4 is 21.3 Å². The first-order valence-corrected chi connectivity index (χ1v) is 12.3. The van der Waals surface area contributed by atoms with E-state index >= 15 is 0 Å². The average Bonchev–Trinajstić information content (AvgIpc) is 3.40. The number of aliphatic carboxylic acids is 1. The zero-order chi connectivity index (χ0) is 26.0. The number of guanidine groups is 1. The fraction of sp³-hybridized carbons (Fsp3) is 0.407. The lowest BCUT2D eigenvalue weighted by Crippen LogP contribution is -2.37. The number of aryl methyl sites for hydroxylation is 1. The third-order valence-electron chi connectivity index (χ3n) is 5.29. The summed E-state index contributed by atoms with van der Waals surface area (Å²) >= 11 is 0. The Bertz CT molecular complexity index is 977. The first-order valence-electron chi connectivity index (χ1n) is 12.3. The van der Waals surface area contributed by atoms with Crippen LogP contribution >= 0.6 is 0 Å². The molecule has 1 aliphatic heterocycles. The smallest absolute Gasteiger partial charge is 0.303 e. The zero-order valence-corrected chi connectivity index (χ0v) is 20.9. The first kappa shape index (κ1) is 28.4. The van der Waals surface area contributed by atoms with Gasteiger partial charge in [-0.25, -0.2) is 0 Å². The summed E-state index contributed by atoms with van der Waals surface area (Å²) in [4.78, 5) is 37.4. The predicted octanol–water partition coefficient (Wildman–Crippen LogP) is 2.46. The summed E-state index contributed by atoms with van der Waals surface area (Å²) in [5, 5.41) is 19.9. The van der Waals surface area contributed by atoms with Gasteiger partial charge in [0.15, 0.2) is 5.96 Å². The van der Waals surface area contributed by atoms with Crippen LogP contribution in [0.1, 0.15) is 37.7 Å². The maximum atomic E-state index is 11.5. The molecule has 0 spiro atoms. The Kier molecular flexibility index (Phi) is 13.2. The van der Waals surface area contributed by atoms with Crippen molar-refractivity contribution in [3.63, 3.8) is 0 Å². The Balaban J connectivity index is 0.000000293. The highest BCUT2D eigenvalue weighted by Gasteiger charge is 2.07. The molecule has 5 N–H and O–H groups in total. The van der Waals surface area contributed by atoms with Crippen molar-refractivity contribution in [2.75, 3.05) is 32.7 Å². The van der Waals surface area contributed by atoms with Gasteiger partial charge in [0.05, 0.1) is 13.1 Å². The fourth-order valence-corrected chi connectivity index (χ4v) is 3.31. The molecule has 0 atom stereocenters. The van der Waals surface area contributed by atoms with E-state index in [1.54, 1.807) is 0 Å². The third-order valence-corrected chi connectivity index (χ3v) is 5.29. The zero-order valence-electron chi connectivity index (χ0n) is 20.9. The van der Waals surface area contributed by atoms with Crippen LogP contribution in [0.4, 0.5) is 0 Å². The SMILES string of the molecule is Cc1ccc(-c2ccccc2)cc1.O=C(O)CCCC(=O)NCC(=O)NCCCCNC1=NCCN1. The van der Waals surface area contributed by atoms with E-state index in [1.165, 1.54) is 16.7 Å². The summed E-state index contributed by atoms with van der Waals surface area (Å²) in [6, 6.07) is 19.0. The number of hydrogen-bond acceptors (Lipinski definition) is 6. The average molecular weight is 496 g/mol. The van der Waals surface area contributed by atoms with Gasteiger partial charge in [-0.15, -0.1) is 0 Å². The molecule has 0 aliphatic carbocycles. The number of carboxylic acid groups (broad SMARTS) is 1. The summed E-state index contributed by atoms with van der Waals surface area (Å²) in [6.45, 7) is 5.05. The van der Waals surface area contributed by atoms with Crippen molar-refractivity contribution in [3.05, 3.63) is 60.2 Å². The molecule has 3 rings (SSSR count). The van der Waals surface area contributed by atoms with E-state index < -0.39 is 5.97 Å². The monoisotopic (exact) mass is 495 g/mol. The minimum absolute atomic E-state index is 0.0460. The molecule has 194 valence electrons. The van der Waals surface area contributed by atoms with Crippen molar-refractivity contribution in [2.45, 2.75) is 39.0 Å². The topological polar surface area (TPSA) is 132 Å². The predicted molar refractivity (Wildman–Crippen MR) is 142 cm³/mol. The minimum atomic E-state index is -0.930. The number of carbonyl (C=O) groups is 3. The van der Waals surface area contributed by atoms with Crippen molar-refractivity contribution in [2.24, 2.45) is 4.99 Å². The number of nitrogens with zero attached hydrogens (tertiary/aromatic N) is 1. The summed E-state index contributed by atoms with van der Waals surface area (Å²) in [7, 11) is 0. The molecular formula is C27H37N5O4. The number of benzene rings is 2. The third kappa shape index (κ3) is 12.5. The van der Waals surface area contributed by atoms with Crippen LogP contribution in [0.2, 0.25) is 0 Å². The molecule has 0 bridgehead atoms. The molecule has 0 saturated heterocycles. The number of amides is 2. The minimum Gasteiger partial charge on any atom is -0.481 e. The standard InChI is InChI=1S/C14H25N5O4.C13H12/c20-11(4-3-5-13(22)23)19-10-12(21)15-6-1-2-7-16-14-17-8-9-18-14;1-11-7-9-13(10-8-11)12-5-3-2-4-6-12/h1-10H2,(H,15,21)(H,19,20)(H,22,23)(H2,16,17,18);2-10H,1H3. The van der Waals surface area contributed by atoms with Gasteiger partial charge in [0, 0.05) is 32.5 Å². The molecule has 2 amide bonds. The van der Waals surface area contributed by atoms with Crippen LogP contribution in [0.5, 0.6) is 0 Å². The van der Waals surface area contributed by atoms with Crippen LogP contribution in [0.3, 0.4) is 0 Å². The second-order valence-electron chi connectivity index (χ2n) is 8.40. The van der Waals surface area contributed by atoms with Gasteiger partial charge in [-0.3, -0.25) is 19.4 Å². The lowest BCUT2D eigenvalue weighted by Gasteiger charge is -2.08. The second-order valence-corrected chi connectivity index (χ2v) is 8.40. The van der Waals surface area contributed by atoms with Crippen molar-refractivity contribution in [1.82, 2.24) is 21.3 Å². The first-order chi connectivity index (χ1) is 17.4. The van der Waals surface area contributed by atoms with E-state index in [1.807, 2.05) is 6.07 Å². The van der Waals surface area contributed by atoms with Crippen molar-refractivity contribution in [1.29, 1.82) is 0 Å². The number of nitrogens with one attached hydrogen (secondary N) is 4. The summed E-state index contributed by atoms with van der Waals surface area (Å²) < 4.78 is 0. The van der Waals surface area contributed by atoms with Crippen molar-refractivity contribution >= 4 is 23.7 Å². The molecule has 0 unspecified atom stereocenters. The molecule has 1 aliphatic rings. The van der Waals surface area contributed by atoms with Gasteiger partial charge in [0.25, 0.3) is 0 Å². The number of unbranched alkanes of at least 4 members (excludes halogenated alkanes) is 1. The van der Waals surface area contributed by atoms with Crippen molar-refractivity contribution in [3.8, 4) is 11.1 Å². The molecule has 9 nitrogen and oxygen atoms in total. The molecule has 0 saturated carbocycles. The summed E-state index contributed by atoms with van der Waals surface area (Å²) in [5.74, 6) is -0.651. The molecule has 9 heteroatoms. The van der Waals surface area contributed by atoms with Crippen molar-refractivity contribution < 1.29 is 19.5 Å². The lowest BCUT2D eigenvalue weighted by atomic mass is 10.0. The second kappa shape index (κ2) is 16.7. The molecule has 36 heavy (non-hydrogen) atoms. The molecule has 0 fully saturated rings. The fourth-order valence-electron chi connectivity index (χ4n) is 3.31. The molecule has 2 aromatic carbocycles. The lowest BCUT2D eigenvalue weighted by molar-refractivity contribution is -0.137. The highest BCUT2D eigenvalue weighted by Crippen LogP contribution is 2.18. The Morgan fingerprint density at radius 3 is 2.22 bits per heavy atom. The normalized spacial score (nSPS) is 11.9. The van der Waals surface area contributed by atoms with Crippen LogP contribution in [0.25, 0.3) is 11.1 Å². The largest absolute Gasteiger partial charge is 0.481 e. The highest BCUT2D eigenvalue weighted by molar-refractivity contribution is 5.84. The Morgan fingerprint density at radius 1 is 0.861 bits per heavy atom. The summed E-state index contributed by atoms with van der Waals surface area (Å²) in [6.07, 6.45) is 2.08. The highest BCUT2D eigenvalue weighted by atomic mass is 16.4. The maximum Gasteiger partial charge on any atom is 0.303 e. The van der Waals surface area contributed by atoms with Crippen LogP contribution in [-0.2, 0) is 14.4 Å². The van der Waals surface area contributed by atoms with Gasteiger partial charge in [-0.05, 0) is 37.3 Å². The van der Waals surface area contributed by atoms with Crippen LogP contribution in [0.15, 0.2) is 59.6 Å². The van der Waals surface area contributed by atoms with Gasteiger partial charge < -0.3 is 26.4 Å². The number of carboxylic acids is 1. The molecular weight excluding hydrogens is 458 g/mol. The van der Waals surface area contributed by atoms with E-state index in [4.69, 9.17) is 5.11 Å². The molecule has 1 heterocycles. The van der Waals surface area contributed by atoms with E-state index in [9.17, 15) is 14.4 Å². The van der Waals surface area contributed by atoms with Gasteiger partial charge in [-0.1, -0.05) is 60.2 Å². The summed E-state index contributed by atoms with van der Waals surface area (Å²) in [5.41, 5.74) is 3.87. The molecule has 2 aromatic rings. The van der Waals surface area contributed by atoms with Gasteiger partial charge in [-0.2, -0.15) is 0 Å². The number of carbonyl (C=O) groups excluding carboxylic acids is 2. The Hall–Kier alpha value is -3.88. The Morgan fingerprint density at radius 2 is 1.56 bits per heavy atom. The van der Waals surface area contributed by atoms with Crippen LogP contribution in [0, 0.1) is 6.92 Å². The number of aliphatic imine (C=N–C) groups is 1. The van der Waals surface area contributed by atoms with Gasteiger partial charge >= 0.3 is 5.97 Å². The number of hydrogen-bond donors (Lipinski definition) is 5. The maximum absolute atomic E-state index is 11.5. The van der Waals surface area contributed by atoms with Gasteiger partial charge in [0.1, 0.15) is 0 Å². The van der Waals surface area contributed by atoms with E-state index in [2.05, 4.69) is 81.7 Å². The van der Waals surface area contributed by atoms with E-state index in [0.29, 0.717) is 6.54 Å². The quantitative estimate of drug-likeness (QED) is 0.288. The van der Waals surface area contributed by atoms with E-state index in [0.717, 1.165) is 38.4 Å². The Labute approximate surface area is 212 Å². The molecule has 0 aromatic heterocycles. The van der Waals surface area contributed by atoms with Gasteiger partial charge in [0.2, 0.25) is 11.8 Å².